The molecule has 1 aliphatic heterocycles. The van der Waals surface area contributed by atoms with Crippen LogP contribution in [-0.4, -0.2) is 23.3 Å². The Labute approximate surface area is 164 Å². The molecule has 0 bridgehead atoms. The quantitative estimate of drug-likeness (QED) is 0.691. The summed E-state index contributed by atoms with van der Waals surface area (Å²) in [6.45, 7) is 4.02. The minimum Gasteiger partial charge on any atom is -0.504 e. The van der Waals surface area contributed by atoms with Crippen LogP contribution in [0.15, 0.2) is 44.7 Å². The number of hydrogen-bond acceptors (Lipinski definition) is 5. The topological polar surface area (TPSA) is 70.9 Å². The Bertz CT molecular complexity index is 954. The van der Waals surface area contributed by atoms with Gasteiger partial charge in [0.05, 0.1) is 17.7 Å². The number of benzene rings is 2. The van der Waals surface area contributed by atoms with Crippen LogP contribution in [0.5, 0.6) is 11.5 Å². The van der Waals surface area contributed by atoms with E-state index in [0.29, 0.717) is 21.4 Å². The maximum atomic E-state index is 12.3. The lowest BCUT2D eigenvalue weighted by Crippen LogP contribution is -2.19. The van der Waals surface area contributed by atoms with Crippen LogP contribution in [0.25, 0.3) is 6.08 Å². The molecule has 0 radical (unpaired) electrons. The molecule has 0 atom stereocenters. The summed E-state index contributed by atoms with van der Waals surface area (Å²) in [4.78, 5) is 17.3. The number of carbonyl (C=O) groups is 1. The number of aryl methyl sites for hydroxylation is 1. The first kappa shape index (κ1) is 18.5. The highest BCUT2D eigenvalue weighted by molar-refractivity contribution is 9.10. The highest BCUT2D eigenvalue weighted by Crippen LogP contribution is 2.37. The van der Waals surface area contributed by atoms with Crippen molar-refractivity contribution in [3.8, 4) is 11.5 Å². The molecule has 3 rings (SSSR count). The molecule has 1 amide bonds. The lowest BCUT2D eigenvalue weighted by atomic mass is 10.1. The second kappa shape index (κ2) is 7.55. The van der Waals surface area contributed by atoms with Crippen molar-refractivity contribution in [3.63, 3.8) is 0 Å². The van der Waals surface area contributed by atoms with Gasteiger partial charge in [0, 0.05) is 10.0 Å². The number of amides is 1. The first-order valence-corrected chi connectivity index (χ1v) is 9.42. The normalized spacial score (nSPS) is 17.0. The van der Waals surface area contributed by atoms with Gasteiger partial charge in [-0.3, -0.25) is 4.79 Å². The first-order valence-electron chi connectivity index (χ1n) is 7.81. The van der Waals surface area contributed by atoms with E-state index in [0.717, 1.165) is 21.3 Å². The Balaban J connectivity index is 1.93. The fourth-order valence-corrected chi connectivity index (χ4v) is 3.73. The molecule has 1 aliphatic rings. The monoisotopic (exact) mass is 432 g/mol. The predicted octanol–water partition coefficient (Wildman–Crippen LogP) is 4.67. The highest BCUT2D eigenvalue weighted by atomic mass is 79.9. The van der Waals surface area contributed by atoms with E-state index in [9.17, 15) is 9.90 Å². The lowest BCUT2D eigenvalue weighted by Gasteiger charge is -2.07. The van der Waals surface area contributed by atoms with Crippen molar-refractivity contribution in [3.05, 3.63) is 56.4 Å². The molecule has 2 aromatic rings. The fraction of sp³-hybridized carbons (Fsp3) is 0.158. The summed E-state index contributed by atoms with van der Waals surface area (Å²) in [6, 6.07) is 9.25. The SMILES string of the molecule is COc1cc(Br)cc(/C=C2\SC(=Nc3cccc(C)c3C)NC2=O)c1O. The summed E-state index contributed by atoms with van der Waals surface area (Å²) < 4.78 is 5.88. The number of nitrogens with zero attached hydrogens (tertiary/aromatic N) is 1. The number of aliphatic imine (C=N–C) groups is 1. The number of aromatic hydroxyl groups is 1. The largest absolute Gasteiger partial charge is 0.504 e. The number of methoxy groups -OCH3 is 1. The maximum Gasteiger partial charge on any atom is 0.264 e. The number of carbonyl (C=O) groups excluding carboxylic acids is 1. The van der Waals surface area contributed by atoms with Crippen LogP contribution in [-0.2, 0) is 4.79 Å². The van der Waals surface area contributed by atoms with Crippen LogP contribution >= 0.6 is 27.7 Å². The third-order valence-electron chi connectivity index (χ3n) is 4.02. The zero-order valence-electron chi connectivity index (χ0n) is 14.5. The van der Waals surface area contributed by atoms with Gasteiger partial charge in [0.25, 0.3) is 5.91 Å². The van der Waals surface area contributed by atoms with Crippen molar-refractivity contribution in [2.45, 2.75) is 13.8 Å². The van der Waals surface area contributed by atoms with Crippen molar-refractivity contribution in [1.29, 1.82) is 0 Å². The Morgan fingerprint density at radius 3 is 2.81 bits per heavy atom. The number of hydrogen-bond donors (Lipinski definition) is 2. The Kier molecular flexibility index (Phi) is 5.38. The summed E-state index contributed by atoms with van der Waals surface area (Å²) in [5, 5.41) is 13.5. The van der Waals surface area contributed by atoms with Crippen molar-refractivity contribution >= 4 is 50.5 Å². The number of halogens is 1. The van der Waals surface area contributed by atoms with Crippen molar-refractivity contribution < 1.29 is 14.6 Å². The van der Waals surface area contributed by atoms with Gasteiger partial charge >= 0.3 is 0 Å². The Morgan fingerprint density at radius 1 is 1.31 bits per heavy atom. The minimum atomic E-state index is -0.252. The van der Waals surface area contributed by atoms with Crippen LogP contribution in [0.2, 0.25) is 0 Å². The summed E-state index contributed by atoms with van der Waals surface area (Å²) >= 11 is 4.61. The molecular weight excluding hydrogens is 416 g/mol. The molecule has 1 saturated heterocycles. The smallest absolute Gasteiger partial charge is 0.264 e. The van der Waals surface area contributed by atoms with Crippen LogP contribution in [0.4, 0.5) is 5.69 Å². The third-order valence-corrected chi connectivity index (χ3v) is 5.39. The van der Waals surface area contributed by atoms with Gasteiger partial charge in [-0.15, -0.1) is 0 Å². The standard InChI is InChI=1S/C19H17BrN2O3S/c1-10-5-4-6-14(11(10)2)21-19-22-18(24)16(26-19)8-12-7-13(20)9-15(25-3)17(12)23/h4-9,23H,1-3H3,(H,21,22,24)/b16-8-. The van der Waals surface area contributed by atoms with Crippen LogP contribution in [0.3, 0.4) is 0 Å². The lowest BCUT2D eigenvalue weighted by molar-refractivity contribution is -0.115. The summed E-state index contributed by atoms with van der Waals surface area (Å²) in [5.74, 6) is 0.0628. The van der Waals surface area contributed by atoms with Gasteiger partial charge in [-0.2, -0.15) is 0 Å². The van der Waals surface area contributed by atoms with Gasteiger partial charge in [-0.05, 0) is 61.0 Å². The molecule has 0 spiro atoms. The number of thioether (sulfide) groups is 1. The van der Waals surface area contributed by atoms with E-state index in [1.165, 1.54) is 18.9 Å². The molecule has 2 aromatic carbocycles. The van der Waals surface area contributed by atoms with E-state index in [2.05, 4.69) is 26.2 Å². The van der Waals surface area contributed by atoms with Crippen molar-refractivity contribution in [1.82, 2.24) is 5.32 Å². The fourth-order valence-electron chi connectivity index (χ4n) is 2.45. The molecule has 2 N–H and O–H groups in total. The number of ether oxygens (including phenoxy) is 1. The summed E-state index contributed by atoms with van der Waals surface area (Å²) in [7, 11) is 1.48. The molecular formula is C19H17BrN2O3S. The van der Waals surface area contributed by atoms with Gasteiger partial charge < -0.3 is 15.2 Å². The molecule has 0 aromatic heterocycles. The zero-order valence-corrected chi connectivity index (χ0v) is 16.9. The second-order valence-corrected chi connectivity index (χ2v) is 7.69. The van der Waals surface area contributed by atoms with E-state index < -0.39 is 0 Å². The predicted molar refractivity (Wildman–Crippen MR) is 109 cm³/mol. The number of phenolic OH excluding ortho intramolecular Hbond substituents is 1. The van der Waals surface area contributed by atoms with E-state index in [-0.39, 0.29) is 11.7 Å². The molecule has 134 valence electrons. The van der Waals surface area contributed by atoms with Crippen molar-refractivity contribution in [2.75, 3.05) is 7.11 Å². The molecule has 0 unspecified atom stereocenters. The zero-order chi connectivity index (χ0) is 18.8. The molecule has 26 heavy (non-hydrogen) atoms. The minimum absolute atomic E-state index is 0.0171. The molecule has 5 nitrogen and oxygen atoms in total. The number of rotatable bonds is 3. The van der Waals surface area contributed by atoms with Gasteiger partial charge in [-0.25, -0.2) is 4.99 Å². The van der Waals surface area contributed by atoms with Crippen molar-refractivity contribution in [2.24, 2.45) is 4.99 Å². The van der Waals surface area contributed by atoms with Gasteiger partial charge in [0.15, 0.2) is 16.7 Å². The average Bonchev–Trinajstić information content (AvgIpc) is 2.94. The maximum absolute atomic E-state index is 12.3. The second-order valence-electron chi connectivity index (χ2n) is 5.75. The Hall–Kier alpha value is -2.25. The average molecular weight is 433 g/mol. The van der Waals surface area contributed by atoms with Gasteiger partial charge in [0.1, 0.15) is 0 Å². The third kappa shape index (κ3) is 3.78. The van der Waals surface area contributed by atoms with Crippen LogP contribution < -0.4 is 10.1 Å². The molecule has 1 heterocycles. The number of nitrogens with one attached hydrogen (secondary N) is 1. The molecule has 1 fully saturated rings. The van der Waals surface area contributed by atoms with E-state index in [4.69, 9.17) is 4.74 Å². The van der Waals surface area contributed by atoms with Gasteiger partial charge in [0.2, 0.25) is 0 Å². The number of amidine groups is 1. The van der Waals surface area contributed by atoms with E-state index in [1.807, 2.05) is 32.0 Å². The summed E-state index contributed by atoms with van der Waals surface area (Å²) in [5.41, 5.74) is 3.52. The van der Waals surface area contributed by atoms with Gasteiger partial charge in [-0.1, -0.05) is 28.1 Å². The molecule has 7 heteroatoms. The van der Waals surface area contributed by atoms with E-state index in [1.54, 1.807) is 18.2 Å². The molecule has 0 saturated carbocycles. The Morgan fingerprint density at radius 2 is 2.08 bits per heavy atom. The van der Waals surface area contributed by atoms with E-state index >= 15 is 0 Å². The van der Waals surface area contributed by atoms with Crippen LogP contribution in [0, 0.1) is 13.8 Å². The van der Waals surface area contributed by atoms with Crippen LogP contribution in [0.1, 0.15) is 16.7 Å². The highest BCUT2D eigenvalue weighted by Gasteiger charge is 2.25. The number of phenols is 1. The first-order chi connectivity index (χ1) is 12.4. The summed E-state index contributed by atoms with van der Waals surface area (Å²) in [6.07, 6.45) is 1.62. The molecule has 0 aliphatic carbocycles.